The number of oxime groups is 1. The van der Waals surface area contributed by atoms with E-state index in [9.17, 15) is 0 Å². The molecule has 0 spiro atoms. The zero-order chi connectivity index (χ0) is 14.9. The Bertz CT molecular complexity index is 562. The third kappa shape index (κ3) is 5.30. The summed E-state index contributed by atoms with van der Waals surface area (Å²) in [6, 6.07) is 18.4. The number of aryl methyl sites for hydroxylation is 1. The molecule has 0 unspecified atom stereocenters. The lowest BCUT2D eigenvalue weighted by Crippen LogP contribution is -2.00. The Morgan fingerprint density at radius 2 is 1.71 bits per heavy atom. The highest BCUT2D eigenvalue weighted by molar-refractivity contribution is 5.83. The molecule has 3 nitrogen and oxygen atoms in total. The molecule has 0 radical (unpaired) electrons. The molecule has 0 bridgehead atoms. The number of benzene rings is 2. The number of hydrogen-bond donors (Lipinski definition) is 1. The summed E-state index contributed by atoms with van der Waals surface area (Å²) < 4.78 is 5.73. The minimum absolute atomic E-state index is 0.658. The second-order valence-corrected chi connectivity index (χ2v) is 5.09. The van der Waals surface area contributed by atoms with Crippen molar-refractivity contribution in [1.29, 1.82) is 0 Å². The van der Waals surface area contributed by atoms with E-state index in [1.807, 2.05) is 30.3 Å². The molecule has 0 fully saturated rings. The van der Waals surface area contributed by atoms with Gasteiger partial charge in [-0.1, -0.05) is 47.6 Å². The van der Waals surface area contributed by atoms with Crippen LogP contribution in [-0.4, -0.2) is 17.5 Å². The van der Waals surface area contributed by atoms with Crippen molar-refractivity contribution in [3.05, 3.63) is 65.7 Å². The maximum absolute atomic E-state index is 8.65. The largest absolute Gasteiger partial charge is 0.494 e. The van der Waals surface area contributed by atoms with Gasteiger partial charge >= 0.3 is 0 Å². The summed E-state index contributed by atoms with van der Waals surface area (Å²) in [5, 5.41) is 11.8. The molecule has 0 amide bonds. The van der Waals surface area contributed by atoms with Gasteiger partial charge in [-0.15, -0.1) is 0 Å². The van der Waals surface area contributed by atoms with Crippen LogP contribution in [0.15, 0.2) is 59.8 Å². The first-order valence-electron chi connectivity index (χ1n) is 7.21. The van der Waals surface area contributed by atoms with E-state index in [1.54, 1.807) is 6.92 Å². The zero-order valence-electron chi connectivity index (χ0n) is 12.3. The van der Waals surface area contributed by atoms with Gasteiger partial charge in [-0.25, -0.2) is 0 Å². The molecule has 110 valence electrons. The Kier molecular flexibility index (Phi) is 5.83. The first-order chi connectivity index (χ1) is 10.3. The molecule has 0 heterocycles. The second-order valence-electron chi connectivity index (χ2n) is 5.09. The summed E-state index contributed by atoms with van der Waals surface area (Å²) >= 11 is 0. The SMILES string of the molecule is C/C(Cc1ccc(OCCCc2ccccc2)cc1)=N/O. The lowest BCUT2D eigenvalue weighted by molar-refractivity contribution is 0.311. The van der Waals surface area contributed by atoms with E-state index in [2.05, 4.69) is 29.4 Å². The Morgan fingerprint density at radius 1 is 1.00 bits per heavy atom. The summed E-state index contributed by atoms with van der Waals surface area (Å²) in [6.45, 7) is 2.51. The summed E-state index contributed by atoms with van der Waals surface area (Å²) in [4.78, 5) is 0. The fourth-order valence-corrected chi connectivity index (χ4v) is 2.15. The van der Waals surface area contributed by atoms with Crippen LogP contribution in [0.3, 0.4) is 0 Å². The highest BCUT2D eigenvalue weighted by atomic mass is 16.5. The topological polar surface area (TPSA) is 41.8 Å². The number of nitrogens with zero attached hydrogens (tertiary/aromatic N) is 1. The molecule has 1 N–H and O–H groups in total. The molecule has 0 aliphatic carbocycles. The molecular formula is C18H21NO2. The molecule has 2 aromatic carbocycles. The van der Waals surface area contributed by atoms with Crippen molar-refractivity contribution < 1.29 is 9.94 Å². The molecule has 3 heteroatoms. The van der Waals surface area contributed by atoms with Gasteiger partial charge in [0, 0.05) is 6.42 Å². The van der Waals surface area contributed by atoms with Gasteiger partial charge in [0.25, 0.3) is 0 Å². The Morgan fingerprint density at radius 3 is 2.38 bits per heavy atom. The number of hydrogen-bond acceptors (Lipinski definition) is 3. The second kappa shape index (κ2) is 8.10. The van der Waals surface area contributed by atoms with Crippen molar-refractivity contribution in [2.24, 2.45) is 5.16 Å². The zero-order valence-corrected chi connectivity index (χ0v) is 12.3. The minimum atomic E-state index is 0.658. The monoisotopic (exact) mass is 283 g/mol. The van der Waals surface area contributed by atoms with Gasteiger partial charge in [-0.3, -0.25) is 0 Å². The minimum Gasteiger partial charge on any atom is -0.494 e. The van der Waals surface area contributed by atoms with Gasteiger partial charge in [-0.2, -0.15) is 0 Å². The first-order valence-corrected chi connectivity index (χ1v) is 7.21. The van der Waals surface area contributed by atoms with Crippen molar-refractivity contribution in [1.82, 2.24) is 0 Å². The van der Waals surface area contributed by atoms with Crippen molar-refractivity contribution in [3.63, 3.8) is 0 Å². The van der Waals surface area contributed by atoms with Gasteiger partial charge in [0.05, 0.1) is 12.3 Å². The predicted molar refractivity (Wildman–Crippen MR) is 85.3 cm³/mol. The third-order valence-electron chi connectivity index (χ3n) is 3.28. The van der Waals surface area contributed by atoms with Crippen LogP contribution in [0, 0.1) is 0 Å². The number of ether oxygens (including phenoxy) is 1. The molecule has 0 aliphatic rings. The van der Waals surface area contributed by atoms with E-state index in [1.165, 1.54) is 5.56 Å². The summed E-state index contributed by atoms with van der Waals surface area (Å²) in [5.41, 5.74) is 3.16. The highest BCUT2D eigenvalue weighted by Crippen LogP contribution is 2.13. The van der Waals surface area contributed by atoms with Crippen LogP contribution in [0.5, 0.6) is 5.75 Å². The van der Waals surface area contributed by atoms with E-state index in [4.69, 9.17) is 9.94 Å². The first kappa shape index (κ1) is 15.1. The van der Waals surface area contributed by atoms with Gasteiger partial charge in [0.1, 0.15) is 5.75 Å². The molecule has 0 atom stereocenters. The summed E-state index contributed by atoms with van der Waals surface area (Å²) in [7, 11) is 0. The van der Waals surface area contributed by atoms with Crippen molar-refractivity contribution >= 4 is 5.71 Å². The average molecular weight is 283 g/mol. The quantitative estimate of drug-likeness (QED) is 0.360. The Hall–Kier alpha value is -2.29. The average Bonchev–Trinajstić information content (AvgIpc) is 2.54. The van der Waals surface area contributed by atoms with Crippen LogP contribution in [0.4, 0.5) is 0 Å². The molecule has 0 saturated heterocycles. The lowest BCUT2D eigenvalue weighted by Gasteiger charge is -2.07. The number of rotatable bonds is 7. The van der Waals surface area contributed by atoms with Crippen LogP contribution in [0.25, 0.3) is 0 Å². The van der Waals surface area contributed by atoms with E-state index < -0.39 is 0 Å². The van der Waals surface area contributed by atoms with Gasteiger partial charge in [0.2, 0.25) is 0 Å². The van der Waals surface area contributed by atoms with Crippen LogP contribution in [-0.2, 0) is 12.8 Å². The van der Waals surface area contributed by atoms with E-state index in [0.717, 1.165) is 24.2 Å². The Labute approximate surface area is 125 Å². The van der Waals surface area contributed by atoms with Crippen LogP contribution >= 0.6 is 0 Å². The Balaban J connectivity index is 1.73. The molecular weight excluding hydrogens is 262 g/mol. The van der Waals surface area contributed by atoms with Crippen LogP contribution < -0.4 is 4.74 Å². The summed E-state index contributed by atoms with van der Waals surface area (Å²) in [5.74, 6) is 0.880. The predicted octanol–water partition coefficient (Wildman–Crippen LogP) is 4.09. The standard InChI is InChI=1S/C18H21NO2/c1-15(19-20)14-17-9-11-18(12-10-17)21-13-5-8-16-6-3-2-4-7-16/h2-4,6-7,9-12,20H,5,8,13-14H2,1H3/b19-15-. The molecule has 21 heavy (non-hydrogen) atoms. The van der Waals surface area contributed by atoms with Crippen molar-refractivity contribution in [3.8, 4) is 5.75 Å². The molecule has 2 aromatic rings. The molecule has 0 saturated carbocycles. The van der Waals surface area contributed by atoms with E-state index >= 15 is 0 Å². The highest BCUT2D eigenvalue weighted by Gasteiger charge is 1.99. The van der Waals surface area contributed by atoms with Crippen LogP contribution in [0.1, 0.15) is 24.5 Å². The van der Waals surface area contributed by atoms with Gasteiger partial charge in [-0.05, 0) is 43.0 Å². The maximum Gasteiger partial charge on any atom is 0.119 e. The van der Waals surface area contributed by atoms with Crippen molar-refractivity contribution in [2.45, 2.75) is 26.2 Å². The molecule has 2 rings (SSSR count). The third-order valence-corrected chi connectivity index (χ3v) is 3.28. The lowest BCUT2D eigenvalue weighted by atomic mass is 10.1. The summed E-state index contributed by atoms with van der Waals surface area (Å²) in [6.07, 6.45) is 2.69. The molecule has 0 aliphatic heterocycles. The van der Waals surface area contributed by atoms with Gasteiger partial charge < -0.3 is 9.94 Å². The fraction of sp³-hybridized carbons (Fsp3) is 0.278. The van der Waals surface area contributed by atoms with Crippen molar-refractivity contribution in [2.75, 3.05) is 6.61 Å². The van der Waals surface area contributed by atoms with Gasteiger partial charge in [0.15, 0.2) is 0 Å². The molecule has 0 aromatic heterocycles. The maximum atomic E-state index is 8.65. The van der Waals surface area contributed by atoms with E-state index in [0.29, 0.717) is 18.7 Å². The fourth-order valence-electron chi connectivity index (χ4n) is 2.15. The normalized spacial score (nSPS) is 11.4. The smallest absolute Gasteiger partial charge is 0.119 e. The van der Waals surface area contributed by atoms with Crippen LogP contribution in [0.2, 0.25) is 0 Å². The van der Waals surface area contributed by atoms with E-state index in [-0.39, 0.29) is 0 Å².